The van der Waals surface area contributed by atoms with Crippen molar-refractivity contribution in [3.8, 4) is 0 Å². The Kier molecular flexibility index (Phi) is 4.33. The number of nitrogens with zero attached hydrogens (tertiary/aromatic N) is 1. The molecular formula is C15H19ClN2O2. The molecule has 2 rings (SSSR count). The maximum atomic E-state index is 12.9. The fraction of sp³-hybridized carbons (Fsp3) is 0.467. The van der Waals surface area contributed by atoms with Gasteiger partial charge in [-0.1, -0.05) is 37.6 Å². The summed E-state index contributed by atoms with van der Waals surface area (Å²) in [5.74, 6) is -0.168. The largest absolute Gasteiger partial charge is 0.342 e. The zero-order valence-corrected chi connectivity index (χ0v) is 12.5. The van der Waals surface area contributed by atoms with E-state index in [0.717, 1.165) is 0 Å². The van der Waals surface area contributed by atoms with Crippen molar-refractivity contribution in [2.24, 2.45) is 0 Å². The van der Waals surface area contributed by atoms with Gasteiger partial charge in [0.05, 0.1) is 10.7 Å². The van der Waals surface area contributed by atoms with E-state index >= 15 is 0 Å². The Labute approximate surface area is 124 Å². The van der Waals surface area contributed by atoms with Gasteiger partial charge in [0, 0.05) is 13.0 Å². The smallest absolute Gasteiger partial charge is 0.252 e. The van der Waals surface area contributed by atoms with Gasteiger partial charge in [-0.15, -0.1) is 0 Å². The summed E-state index contributed by atoms with van der Waals surface area (Å²) in [7, 11) is 0. The van der Waals surface area contributed by atoms with Crippen LogP contribution in [0.4, 0.5) is 5.69 Å². The molecule has 4 nitrogen and oxygen atoms in total. The minimum atomic E-state index is -0.827. The fourth-order valence-electron chi connectivity index (χ4n) is 2.59. The number of benzene rings is 1. The van der Waals surface area contributed by atoms with Crippen LogP contribution in [0.2, 0.25) is 5.02 Å². The molecule has 1 aliphatic rings. The Morgan fingerprint density at radius 1 is 1.25 bits per heavy atom. The molecular weight excluding hydrogens is 276 g/mol. The highest BCUT2D eigenvalue weighted by Gasteiger charge is 2.42. The molecule has 1 saturated heterocycles. The SMILES string of the molecule is CCC1(CC)NC(=O)CCN(c2ccccc2Cl)C1=O. The lowest BCUT2D eigenvalue weighted by Gasteiger charge is -2.34. The van der Waals surface area contributed by atoms with E-state index in [1.54, 1.807) is 11.0 Å². The van der Waals surface area contributed by atoms with E-state index in [2.05, 4.69) is 5.32 Å². The average molecular weight is 295 g/mol. The summed E-state index contributed by atoms with van der Waals surface area (Å²) in [6.45, 7) is 4.19. The summed E-state index contributed by atoms with van der Waals surface area (Å²) >= 11 is 6.19. The third-order valence-electron chi connectivity index (χ3n) is 3.95. The van der Waals surface area contributed by atoms with Crippen molar-refractivity contribution >= 4 is 29.1 Å². The summed E-state index contributed by atoms with van der Waals surface area (Å²) in [5.41, 5.74) is -0.158. The Morgan fingerprint density at radius 2 is 1.90 bits per heavy atom. The quantitative estimate of drug-likeness (QED) is 0.932. The van der Waals surface area contributed by atoms with Gasteiger partial charge in [0.2, 0.25) is 5.91 Å². The van der Waals surface area contributed by atoms with Gasteiger partial charge in [-0.2, -0.15) is 0 Å². The molecule has 1 aromatic carbocycles. The fourth-order valence-corrected chi connectivity index (χ4v) is 2.82. The zero-order valence-electron chi connectivity index (χ0n) is 11.8. The lowest BCUT2D eigenvalue weighted by Crippen LogP contribution is -2.56. The molecule has 1 aliphatic heterocycles. The van der Waals surface area contributed by atoms with Gasteiger partial charge in [0.25, 0.3) is 5.91 Å². The van der Waals surface area contributed by atoms with Gasteiger partial charge < -0.3 is 10.2 Å². The van der Waals surface area contributed by atoms with Crippen LogP contribution in [0, 0.1) is 0 Å². The number of carbonyl (C=O) groups is 2. The second-order valence-electron chi connectivity index (χ2n) is 5.00. The molecule has 108 valence electrons. The maximum absolute atomic E-state index is 12.9. The van der Waals surface area contributed by atoms with Crippen molar-refractivity contribution < 1.29 is 9.59 Å². The Balaban J connectivity index is 2.46. The highest BCUT2D eigenvalue weighted by atomic mass is 35.5. The molecule has 0 radical (unpaired) electrons. The van der Waals surface area contributed by atoms with Gasteiger partial charge in [-0.3, -0.25) is 9.59 Å². The normalized spacial score (nSPS) is 18.6. The lowest BCUT2D eigenvalue weighted by molar-refractivity contribution is -0.130. The van der Waals surface area contributed by atoms with E-state index in [-0.39, 0.29) is 11.8 Å². The van der Waals surface area contributed by atoms with E-state index in [0.29, 0.717) is 36.5 Å². The van der Waals surface area contributed by atoms with E-state index in [4.69, 9.17) is 11.6 Å². The number of hydrogen-bond donors (Lipinski definition) is 1. The predicted molar refractivity (Wildman–Crippen MR) is 79.9 cm³/mol. The van der Waals surface area contributed by atoms with Crippen LogP contribution in [-0.4, -0.2) is 23.9 Å². The highest BCUT2D eigenvalue weighted by Crippen LogP contribution is 2.30. The van der Waals surface area contributed by atoms with Crippen LogP contribution in [0.25, 0.3) is 0 Å². The molecule has 0 unspecified atom stereocenters. The van der Waals surface area contributed by atoms with Crippen molar-refractivity contribution in [3.05, 3.63) is 29.3 Å². The lowest BCUT2D eigenvalue weighted by atomic mass is 9.91. The number of rotatable bonds is 3. The average Bonchev–Trinajstić information content (AvgIpc) is 2.58. The highest BCUT2D eigenvalue weighted by molar-refractivity contribution is 6.34. The van der Waals surface area contributed by atoms with Crippen molar-refractivity contribution in [3.63, 3.8) is 0 Å². The van der Waals surface area contributed by atoms with Crippen LogP contribution in [-0.2, 0) is 9.59 Å². The molecule has 5 heteroatoms. The molecule has 1 fully saturated rings. The van der Waals surface area contributed by atoms with Crippen molar-refractivity contribution in [1.82, 2.24) is 5.32 Å². The summed E-state index contributed by atoms with van der Waals surface area (Å²) in [6.07, 6.45) is 1.42. The molecule has 1 N–H and O–H groups in total. The Morgan fingerprint density at radius 3 is 2.50 bits per heavy atom. The predicted octanol–water partition coefficient (Wildman–Crippen LogP) is 2.75. The molecule has 0 atom stereocenters. The third-order valence-corrected chi connectivity index (χ3v) is 4.27. The summed E-state index contributed by atoms with van der Waals surface area (Å²) in [4.78, 5) is 26.4. The summed E-state index contributed by atoms with van der Waals surface area (Å²) < 4.78 is 0. The van der Waals surface area contributed by atoms with Crippen molar-refractivity contribution in [1.29, 1.82) is 0 Å². The molecule has 2 amide bonds. The van der Waals surface area contributed by atoms with Crippen LogP contribution < -0.4 is 10.2 Å². The topological polar surface area (TPSA) is 49.4 Å². The molecule has 1 aromatic rings. The molecule has 1 heterocycles. The van der Waals surface area contributed by atoms with Gasteiger partial charge >= 0.3 is 0 Å². The first kappa shape index (κ1) is 14.9. The number of para-hydroxylation sites is 1. The van der Waals surface area contributed by atoms with Gasteiger partial charge in [0.15, 0.2) is 0 Å². The molecule has 20 heavy (non-hydrogen) atoms. The minimum Gasteiger partial charge on any atom is -0.342 e. The van der Waals surface area contributed by atoms with E-state index < -0.39 is 5.54 Å². The Hall–Kier alpha value is -1.55. The van der Waals surface area contributed by atoms with Gasteiger partial charge in [0.1, 0.15) is 5.54 Å². The number of nitrogens with one attached hydrogen (secondary N) is 1. The molecule has 0 aromatic heterocycles. The van der Waals surface area contributed by atoms with Crippen LogP contribution in [0.15, 0.2) is 24.3 Å². The van der Waals surface area contributed by atoms with E-state index in [9.17, 15) is 9.59 Å². The second kappa shape index (κ2) is 5.83. The summed E-state index contributed by atoms with van der Waals surface area (Å²) in [5, 5.41) is 3.41. The van der Waals surface area contributed by atoms with E-state index in [1.165, 1.54) is 0 Å². The second-order valence-corrected chi connectivity index (χ2v) is 5.40. The first-order valence-corrected chi connectivity index (χ1v) is 7.29. The number of halogens is 1. The third kappa shape index (κ3) is 2.52. The van der Waals surface area contributed by atoms with Gasteiger partial charge in [-0.25, -0.2) is 0 Å². The molecule has 0 bridgehead atoms. The van der Waals surface area contributed by atoms with Gasteiger partial charge in [-0.05, 0) is 25.0 Å². The first-order valence-electron chi connectivity index (χ1n) is 6.91. The van der Waals surface area contributed by atoms with Crippen LogP contribution in [0.3, 0.4) is 0 Å². The van der Waals surface area contributed by atoms with Crippen molar-refractivity contribution in [2.45, 2.75) is 38.6 Å². The number of amides is 2. The zero-order chi connectivity index (χ0) is 14.8. The minimum absolute atomic E-state index is 0.0820. The number of hydrogen-bond acceptors (Lipinski definition) is 2. The standard InChI is InChI=1S/C15H19ClN2O2/c1-3-15(4-2)14(20)18(10-9-13(19)17-15)12-8-6-5-7-11(12)16/h5-8H,3-4,9-10H2,1-2H3,(H,17,19). The van der Waals surface area contributed by atoms with Crippen LogP contribution in [0.5, 0.6) is 0 Å². The first-order chi connectivity index (χ1) is 9.54. The van der Waals surface area contributed by atoms with Crippen molar-refractivity contribution in [2.75, 3.05) is 11.4 Å². The molecule has 0 saturated carbocycles. The number of carbonyl (C=O) groups excluding carboxylic acids is 2. The summed E-state index contributed by atoms with van der Waals surface area (Å²) in [6, 6.07) is 7.23. The number of anilines is 1. The Bertz CT molecular complexity index is 526. The van der Waals surface area contributed by atoms with E-state index in [1.807, 2.05) is 32.0 Å². The maximum Gasteiger partial charge on any atom is 0.252 e. The van der Waals surface area contributed by atoms with Crippen LogP contribution >= 0.6 is 11.6 Å². The monoisotopic (exact) mass is 294 g/mol. The molecule has 0 aliphatic carbocycles. The molecule has 0 spiro atoms. The van der Waals surface area contributed by atoms with Crippen LogP contribution in [0.1, 0.15) is 33.1 Å².